The summed E-state index contributed by atoms with van der Waals surface area (Å²) in [6.45, 7) is 2.26. The van der Waals surface area contributed by atoms with Gasteiger partial charge in [-0.25, -0.2) is 0 Å². The summed E-state index contributed by atoms with van der Waals surface area (Å²) in [5, 5.41) is 8.49. The van der Waals surface area contributed by atoms with Crippen molar-refractivity contribution in [3.05, 3.63) is 72.4 Å². The van der Waals surface area contributed by atoms with Gasteiger partial charge in [0.05, 0.1) is 0 Å². The quantitative estimate of drug-likeness (QED) is 0.137. The monoisotopic (exact) mass is 484 g/mol. The number of allylic oxidation sites excluding steroid dienone is 6. The van der Waals surface area contributed by atoms with Crippen LogP contribution in [0.5, 0.6) is 0 Å². The fraction of sp³-hybridized carbons (Fsp3) is 0.548. The maximum absolute atomic E-state index is 11.8. The van der Waals surface area contributed by atoms with Crippen molar-refractivity contribution in [1.29, 1.82) is 0 Å². The molecule has 4 heteroatoms. The molecular formula is C31H48O4. The number of carboxylic acids is 1. The topological polar surface area (TPSA) is 85.9 Å². The third-order valence-corrected chi connectivity index (χ3v) is 6.06. The Morgan fingerprint density at radius 2 is 1.37 bits per heavy atom. The molecule has 0 bridgehead atoms. The van der Waals surface area contributed by atoms with Crippen LogP contribution in [0.2, 0.25) is 0 Å². The number of ketones is 1. The highest BCUT2D eigenvalue weighted by atomic mass is 16.4. The van der Waals surface area contributed by atoms with Crippen molar-refractivity contribution in [1.82, 2.24) is 0 Å². The fourth-order valence-corrected chi connectivity index (χ4v) is 3.95. The maximum atomic E-state index is 11.8. The van der Waals surface area contributed by atoms with Crippen LogP contribution >= 0.6 is 0 Å². The lowest BCUT2D eigenvalue weighted by Gasteiger charge is -2.06. The molecule has 1 aromatic carbocycles. The van der Waals surface area contributed by atoms with Crippen LogP contribution in [0.4, 0.5) is 0 Å². The Labute approximate surface area is 213 Å². The molecule has 1 aromatic rings. The second-order valence-electron chi connectivity index (χ2n) is 9.19. The average molecular weight is 485 g/mol. The zero-order chi connectivity index (χ0) is 24.7. The van der Waals surface area contributed by atoms with Crippen LogP contribution in [0.1, 0.15) is 114 Å². The van der Waals surface area contributed by atoms with Gasteiger partial charge in [-0.1, -0.05) is 145 Å². The van der Waals surface area contributed by atoms with E-state index in [1.165, 1.54) is 70.6 Å². The zero-order valence-corrected chi connectivity index (χ0v) is 21.8. The molecule has 3 N–H and O–H groups in total. The van der Waals surface area contributed by atoms with E-state index in [2.05, 4.69) is 19.1 Å². The minimum Gasteiger partial charge on any atom is -0.481 e. The van der Waals surface area contributed by atoms with Gasteiger partial charge in [0.1, 0.15) is 0 Å². The van der Waals surface area contributed by atoms with Crippen molar-refractivity contribution < 1.29 is 20.2 Å². The number of benzene rings is 1. The Morgan fingerprint density at radius 1 is 0.829 bits per heavy atom. The predicted octanol–water partition coefficient (Wildman–Crippen LogP) is 8.29. The van der Waals surface area contributed by atoms with E-state index in [1.807, 2.05) is 48.6 Å². The summed E-state index contributed by atoms with van der Waals surface area (Å²) in [5.74, 6) is -0.223. The Hall–Kier alpha value is -2.46. The van der Waals surface area contributed by atoms with Crippen LogP contribution in [-0.4, -0.2) is 22.3 Å². The van der Waals surface area contributed by atoms with Crippen LogP contribution in [0.15, 0.2) is 66.8 Å². The number of rotatable bonds is 17. The zero-order valence-electron chi connectivity index (χ0n) is 21.8. The molecule has 0 spiro atoms. The Morgan fingerprint density at radius 3 is 1.86 bits per heavy atom. The van der Waals surface area contributed by atoms with Crippen molar-refractivity contribution in [3.63, 3.8) is 0 Å². The molecule has 2 rings (SSSR count). The molecule has 0 heterocycles. The number of carboxylic acid groups (broad SMARTS) is 1. The van der Waals surface area contributed by atoms with Crippen LogP contribution < -0.4 is 0 Å². The molecule has 0 fully saturated rings. The van der Waals surface area contributed by atoms with E-state index in [0.29, 0.717) is 12.3 Å². The standard InChI is InChI=1S/C16H32O2.C15H14O.H2O/c1-2-3-4-5-6-7-8-9-10-11-12-13-14-15-16(17)18;16-15(14-9-5-2-6-10-14)12-11-13-7-3-1-4-8-13;/h2-15H2,1H3,(H,17,18);1-7,9-13H,8H2;1H2. The van der Waals surface area contributed by atoms with Gasteiger partial charge in [0.25, 0.3) is 0 Å². The molecule has 35 heavy (non-hydrogen) atoms. The van der Waals surface area contributed by atoms with E-state index in [1.54, 1.807) is 6.08 Å². The molecule has 0 aliphatic heterocycles. The van der Waals surface area contributed by atoms with Crippen molar-refractivity contribution >= 4 is 11.8 Å². The number of unbranched alkanes of at least 4 members (excludes halogenated alkanes) is 12. The van der Waals surface area contributed by atoms with Gasteiger partial charge in [-0.2, -0.15) is 0 Å². The summed E-state index contributed by atoms with van der Waals surface area (Å²) in [5.41, 5.74) is 0.745. The molecule has 1 unspecified atom stereocenters. The average Bonchev–Trinajstić information content (AvgIpc) is 2.87. The largest absolute Gasteiger partial charge is 0.481 e. The van der Waals surface area contributed by atoms with E-state index in [9.17, 15) is 9.59 Å². The number of aliphatic carboxylic acids is 1. The minimum absolute atomic E-state index is 0. The smallest absolute Gasteiger partial charge is 0.303 e. The summed E-state index contributed by atoms with van der Waals surface area (Å²) in [4.78, 5) is 22.1. The summed E-state index contributed by atoms with van der Waals surface area (Å²) < 4.78 is 0. The van der Waals surface area contributed by atoms with Crippen LogP contribution in [-0.2, 0) is 4.79 Å². The molecule has 0 radical (unpaired) electrons. The lowest BCUT2D eigenvalue weighted by atomic mass is 9.99. The van der Waals surface area contributed by atoms with Crippen molar-refractivity contribution in [3.8, 4) is 0 Å². The van der Waals surface area contributed by atoms with E-state index < -0.39 is 5.97 Å². The molecule has 1 atom stereocenters. The van der Waals surface area contributed by atoms with Crippen molar-refractivity contribution in [2.75, 3.05) is 0 Å². The van der Waals surface area contributed by atoms with Gasteiger partial charge in [-0.05, 0) is 24.8 Å². The van der Waals surface area contributed by atoms with Gasteiger partial charge >= 0.3 is 5.97 Å². The van der Waals surface area contributed by atoms with Gasteiger partial charge in [0.2, 0.25) is 0 Å². The number of carbonyl (C=O) groups is 2. The van der Waals surface area contributed by atoms with Crippen LogP contribution in [0, 0.1) is 5.92 Å². The number of hydrogen-bond donors (Lipinski definition) is 1. The van der Waals surface area contributed by atoms with E-state index in [-0.39, 0.29) is 11.3 Å². The molecule has 0 aromatic heterocycles. The summed E-state index contributed by atoms with van der Waals surface area (Å²) in [6.07, 6.45) is 30.2. The first-order valence-corrected chi connectivity index (χ1v) is 13.5. The summed E-state index contributed by atoms with van der Waals surface area (Å²) in [7, 11) is 0. The SMILES string of the molecule is CCCCCCCCCCCCCCCC(=O)O.O.O=C(C=CC1C=CC=CC1)c1ccccc1. The molecule has 1 aliphatic carbocycles. The van der Waals surface area contributed by atoms with Crippen LogP contribution in [0.25, 0.3) is 0 Å². The second-order valence-corrected chi connectivity index (χ2v) is 9.19. The third kappa shape index (κ3) is 19.5. The highest BCUT2D eigenvalue weighted by Crippen LogP contribution is 2.14. The first-order chi connectivity index (χ1) is 16.6. The minimum atomic E-state index is -0.655. The lowest BCUT2D eigenvalue weighted by molar-refractivity contribution is -0.137. The maximum Gasteiger partial charge on any atom is 0.303 e. The van der Waals surface area contributed by atoms with Crippen molar-refractivity contribution in [2.45, 2.75) is 103 Å². The van der Waals surface area contributed by atoms with Gasteiger partial charge in [-0.3, -0.25) is 9.59 Å². The molecule has 196 valence electrons. The van der Waals surface area contributed by atoms with Gasteiger partial charge in [-0.15, -0.1) is 0 Å². The Bertz CT molecular complexity index is 734. The third-order valence-electron chi connectivity index (χ3n) is 6.06. The van der Waals surface area contributed by atoms with Crippen molar-refractivity contribution in [2.24, 2.45) is 5.92 Å². The lowest BCUT2D eigenvalue weighted by Crippen LogP contribution is -1.97. The molecule has 4 nitrogen and oxygen atoms in total. The summed E-state index contributed by atoms with van der Waals surface area (Å²) in [6, 6.07) is 9.34. The van der Waals surface area contributed by atoms with Gasteiger partial charge in [0, 0.05) is 12.0 Å². The van der Waals surface area contributed by atoms with Gasteiger partial charge < -0.3 is 10.6 Å². The molecule has 0 saturated heterocycles. The fourth-order valence-electron chi connectivity index (χ4n) is 3.95. The highest BCUT2D eigenvalue weighted by molar-refractivity contribution is 6.04. The first kappa shape index (κ1) is 32.5. The Balaban J connectivity index is 0.000000644. The Kier molecular flexibility index (Phi) is 21.7. The van der Waals surface area contributed by atoms with E-state index >= 15 is 0 Å². The molecule has 0 amide bonds. The van der Waals surface area contributed by atoms with Gasteiger partial charge in [0.15, 0.2) is 5.78 Å². The number of carbonyl (C=O) groups excluding carboxylic acids is 1. The normalized spacial score (nSPS) is 14.3. The number of hydrogen-bond acceptors (Lipinski definition) is 2. The predicted molar refractivity (Wildman–Crippen MR) is 148 cm³/mol. The van der Waals surface area contributed by atoms with E-state index in [0.717, 1.165) is 24.8 Å². The van der Waals surface area contributed by atoms with Crippen LogP contribution in [0.3, 0.4) is 0 Å². The molecule has 0 saturated carbocycles. The van der Waals surface area contributed by atoms with E-state index in [4.69, 9.17) is 5.11 Å². The summed E-state index contributed by atoms with van der Waals surface area (Å²) >= 11 is 0. The molecular weight excluding hydrogens is 436 g/mol. The molecule has 1 aliphatic rings. The second kappa shape index (κ2) is 23.3. The first-order valence-electron chi connectivity index (χ1n) is 13.5. The highest BCUT2D eigenvalue weighted by Gasteiger charge is 2.03.